The number of benzene rings is 1. The summed E-state index contributed by atoms with van der Waals surface area (Å²) in [5.74, 6) is 0.365. The van der Waals surface area contributed by atoms with Crippen LogP contribution in [0.3, 0.4) is 0 Å². The van der Waals surface area contributed by atoms with Crippen LogP contribution in [-0.2, 0) is 16.0 Å². The number of amides is 2. The maximum Gasteiger partial charge on any atom is 0.243 e. The maximum absolute atomic E-state index is 13.4. The SMILES string of the molecule is Cc1ccc([C@H]2c3ccsc3CCN2C(=O)CN(C(=O)CC(C)C)C(C)C)cc1. The van der Waals surface area contributed by atoms with Gasteiger partial charge in [-0.1, -0.05) is 43.7 Å². The van der Waals surface area contributed by atoms with Crippen molar-refractivity contribution < 1.29 is 9.59 Å². The third-order valence-corrected chi connectivity index (χ3v) is 6.51. The first kappa shape index (κ1) is 21.6. The highest BCUT2D eigenvalue weighted by molar-refractivity contribution is 7.10. The number of fused-ring (bicyclic) bond motifs is 1. The van der Waals surface area contributed by atoms with Gasteiger partial charge in [0.25, 0.3) is 0 Å². The number of carbonyl (C=O) groups excluding carboxylic acids is 2. The second kappa shape index (κ2) is 9.12. The summed E-state index contributed by atoms with van der Waals surface area (Å²) in [6.45, 7) is 10.9. The van der Waals surface area contributed by atoms with E-state index in [1.807, 2.05) is 32.6 Å². The smallest absolute Gasteiger partial charge is 0.243 e. The minimum atomic E-state index is -0.0766. The molecule has 1 aromatic carbocycles. The Bertz CT molecular complexity index is 854. The zero-order chi connectivity index (χ0) is 21.1. The van der Waals surface area contributed by atoms with Crippen molar-refractivity contribution in [2.45, 2.75) is 59.5 Å². The monoisotopic (exact) mass is 412 g/mol. The topological polar surface area (TPSA) is 40.6 Å². The second-order valence-electron chi connectivity index (χ2n) is 8.66. The van der Waals surface area contributed by atoms with E-state index in [4.69, 9.17) is 0 Å². The quantitative estimate of drug-likeness (QED) is 0.683. The molecule has 0 saturated heterocycles. The largest absolute Gasteiger partial charge is 0.331 e. The van der Waals surface area contributed by atoms with E-state index in [0.29, 0.717) is 13.0 Å². The molecular formula is C24H32N2O2S. The van der Waals surface area contributed by atoms with Gasteiger partial charge in [-0.25, -0.2) is 0 Å². The van der Waals surface area contributed by atoms with Gasteiger partial charge in [0.2, 0.25) is 11.8 Å². The Morgan fingerprint density at radius 2 is 1.83 bits per heavy atom. The number of nitrogens with zero attached hydrogens (tertiary/aromatic N) is 2. The molecule has 0 radical (unpaired) electrons. The fraction of sp³-hybridized carbons (Fsp3) is 0.500. The first-order chi connectivity index (χ1) is 13.8. The van der Waals surface area contributed by atoms with Crippen LogP contribution in [0, 0.1) is 12.8 Å². The second-order valence-corrected chi connectivity index (χ2v) is 9.66. The number of thiophene rings is 1. The fourth-order valence-electron chi connectivity index (χ4n) is 3.96. The molecule has 4 nitrogen and oxygen atoms in total. The Kier molecular flexibility index (Phi) is 6.78. The summed E-state index contributed by atoms with van der Waals surface area (Å²) in [6.07, 6.45) is 1.35. The van der Waals surface area contributed by atoms with Crippen molar-refractivity contribution in [2.75, 3.05) is 13.1 Å². The van der Waals surface area contributed by atoms with Gasteiger partial charge >= 0.3 is 0 Å². The molecule has 1 aliphatic heterocycles. The summed E-state index contributed by atoms with van der Waals surface area (Å²) in [5.41, 5.74) is 3.56. The van der Waals surface area contributed by atoms with Crippen molar-refractivity contribution in [1.82, 2.24) is 9.80 Å². The molecule has 2 amide bonds. The molecule has 1 atom stereocenters. The Balaban J connectivity index is 1.87. The summed E-state index contributed by atoms with van der Waals surface area (Å²) >= 11 is 1.77. The molecule has 0 unspecified atom stereocenters. The Labute approximate surface area is 178 Å². The van der Waals surface area contributed by atoms with E-state index in [-0.39, 0.29) is 36.4 Å². The van der Waals surface area contributed by atoms with Gasteiger partial charge in [-0.2, -0.15) is 0 Å². The zero-order valence-corrected chi connectivity index (χ0v) is 19.0. The predicted octanol–water partition coefficient (Wildman–Crippen LogP) is 4.81. The van der Waals surface area contributed by atoms with Crippen molar-refractivity contribution in [3.05, 3.63) is 57.3 Å². The van der Waals surface area contributed by atoms with Crippen LogP contribution in [0.25, 0.3) is 0 Å². The third kappa shape index (κ3) is 4.89. The number of aryl methyl sites for hydroxylation is 1. The highest BCUT2D eigenvalue weighted by Crippen LogP contribution is 2.38. The first-order valence-electron chi connectivity index (χ1n) is 10.5. The number of hydrogen-bond donors (Lipinski definition) is 0. The van der Waals surface area contributed by atoms with E-state index < -0.39 is 0 Å². The van der Waals surface area contributed by atoms with Crippen molar-refractivity contribution in [3.63, 3.8) is 0 Å². The number of rotatable bonds is 6. The van der Waals surface area contributed by atoms with Crippen LogP contribution in [0.2, 0.25) is 0 Å². The van der Waals surface area contributed by atoms with Crippen molar-refractivity contribution in [2.24, 2.45) is 5.92 Å². The van der Waals surface area contributed by atoms with E-state index in [2.05, 4.69) is 42.6 Å². The van der Waals surface area contributed by atoms with Crippen molar-refractivity contribution in [1.29, 1.82) is 0 Å². The minimum absolute atomic E-state index is 0.00419. The molecule has 0 aliphatic carbocycles. The van der Waals surface area contributed by atoms with E-state index in [9.17, 15) is 9.59 Å². The predicted molar refractivity (Wildman–Crippen MR) is 119 cm³/mol. The Morgan fingerprint density at radius 1 is 1.14 bits per heavy atom. The molecule has 3 rings (SSSR count). The zero-order valence-electron chi connectivity index (χ0n) is 18.1. The highest BCUT2D eigenvalue weighted by Gasteiger charge is 2.34. The molecule has 1 aliphatic rings. The summed E-state index contributed by atoms with van der Waals surface area (Å²) in [6, 6.07) is 10.5. The van der Waals surface area contributed by atoms with Crippen LogP contribution in [0.4, 0.5) is 0 Å². The average Bonchev–Trinajstić information content (AvgIpc) is 3.13. The van der Waals surface area contributed by atoms with Crippen molar-refractivity contribution in [3.8, 4) is 0 Å². The summed E-state index contributed by atoms with van der Waals surface area (Å²) in [4.78, 5) is 31.2. The minimum Gasteiger partial charge on any atom is -0.331 e. The molecular weight excluding hydrogens is 380 g/mol. The van der Waals surface area contributed by atoms with Crippen LogP contribution < -0.4 is 0 Å². The number of carbonyl (C=O) groups is 2. The van der Waals surface area contributed by atoms with Gasteiger partial charge in [0.05, 0.1) is 6.04 Å². The lowest BCUT2D eigenvalue weighted by Crippen LogP contribution is -2.48. The summed E-state index contributed by atoms with van der Waals surface area (Å²) in [5, 5.41) is 2.12. The lowest BCUT2D eigenvalue weighted by molar-refractivity contribution is -0.143. The van der Waals surface area contributed by atoms with Crippen LogP contribution >= 0.6 is 11.3 Å². The maximum atomic E-state index is 13.4. The fourth-order valence-corrected chi connectivity index (χ4v) is 4.86. The molecule has 0 fully saturated rings. The molecule has 0 saturated carbocycles. The van der Waals surface area contributed by atoms with Gasteiger partial charge in [-0.05, 0) is 55.7 Å². The molecule has 2 aromatic rings. The lowest BCUT2D eigenvalue weighted by Gasteiger charge is -2.38. The molecule has 29 heavy (non-hydrogen) atoms. The third-order valence-electron chi connectivity index (χ3n) is 5.51. The molecule has 0 spiro atoms. The summed E-state index contributed by atoms with van der Waals surface area (Å²) in [7, 11) is 0. The van der Waals surface area contributed by atoms with Gasteiger partial charge in [0.1, 0.15) is 6.54 Å². The van der Waals surface area contributed by atoms with E-state index >= 15 is 0 Å². The van der Waals surface area contributed by atoms with E-state index in [1.165, 1.54) is 16.0 Å². The Hall–Kier alpha value is -2.14. The molecule has 0 bridgehead atoms. The normalized spacial score (nSPS) is 16.2. The summed E-state index contributed by atoms with van der Waals surface area (Å²) < 4.78 is 0. The lowest BCUT2D eigenvalue weighted by atomic mass is 9.92. The highest BCUT2D eigenvalue weighted by atomic mass is 32.1. The molecule has 156 valence electrons. The van der Waals surface area contributed by atoms with E-state index in [0.717, 1.165) is 12.0 Å². The van der Waals surface area contributed by atoms with Crippen molar-refractivity contribution >= 4 is 23.2 Å². The van der Waals surface area contributed by atoms with Gasteiger partial charge in [0.15, 0.2) is 0 Å². The standard InChI is InChI=1S/C24H32N2O2S/c1-16(2)14-22(27)26(17(3)4)15-23(28)25-12-10-21-20(11-13-29-21)24(25)19-8-6-18(5)7-9-19/h6-9,11,13,16-17,24H,10,12,14-15H2,1-5H3/t24-/m0/s1. The first-order valence-corrected chi connectivity index (χ1v) is 11.4. The Morgan fingerprint density at radius 3 is 2.45 bits per heavy atom. The van der Waals surface area contributed by atoms with Gasteiger partial charge < -0.3 is 9.80 Å². The molecule has 5 heteroatoms. The van der Waals surface area contributed by atoms with Gasteiger partial charge in [-0.3, -0.25) is 9.59 Å². The van der Waals surface area contributed by atoms with Gasteiger partial charge in [0, 0.05) is 23.9 Å². The molecule has 2 heterocycles. The van der Waals surface area contributed by atoms with E-state index in [1.54, 1.807) is 16.2 Å². The van der Waals surface area contributed by atoms with Gasteiger partial charge in [-0.15, -0.1) is 11.3 Å². The van der Waals surface area contributed by atoms with Crippen LogP contribution in [-0.4, -0.2) is 40.7 Å². The van der Waals surface area contributed by atoms with Crippen LogP contribution in [0.1, 0.15) is 61.7 Å². The van der Waals surface area contributed by atoms with Crippen LogP contribution in [0.15, 0.2) is 35.7 Å². The molecule has 1 aromatic heterocycles. The number of hydrogen-bond acceptors (Lipinski definition) is 3. The average molecular weight is 413 g/mol. The molecule has 0 N–H and O–H groups in total. The van der Waals surface area contributed by atoms with Crippen LogP contribution in [0.5, 0.6) is 0 Å².